The number of piperazine rings is 1. The minimum Gasteiger partial charge on any atom is -0.330 e. The molecule has 1 unspecified atom stereocenters. The number of hydrogen-bond acceptors (Lipinski definition) is 3. The smallest absolute Gasteiger partial charge is 0.245 e. The molecule has 3 heterocycles. The van der Waals surface area contributed by atoms with E-state index >= 15 is 0 Å². The van der Waals surface area contributed by atoms with Crippen molar-refractivity contribution in [2.24, 2.45) is 0 Å². The predicted octanol–water partition coefficient (Wildman–Crippen LogP) is -0.428. The quantitative estimate of drug-likeness (QED) is 0.709. The van der Waals surface area contributed by atoms with Gasteiger partial charge >= 0.3 is 0 Å². The van der Waals surface area contributed by atoms with Gasteiger partial charge in [-0.25, -0.2) is 0 Å². The van der Waals surface area contributed by atoms with Crippen LogP contribution in [0.5, 0.6) is 0 Å². The highest BCUT2D eigenvalue weighted by atomic mass is 16.2. The van der Waals surface area contributed by atoms with Gasteiger partial charge in [-0.15, -0.1) is 0 Å². The van der Waals surface area contributed by atoms with Crippen LogP contribution < -0.4 is 5.32 Å². The fourth-order valence-electron chi connectivity index (χ4n) is 3.20. The van der Waals surface area contributed by atoms with Gasteiger partial charge in [-0.05, 0) is 32.2 Å². The largest absolute Gasteiger partial charge is 0.330 e. The Balaban J connectivity index is 1.68. The molecule has 0 spiro atoms. The van der Waals surface area contributed by atoms with Crippen molar-refractivity contribution in [3.05, 3.63) is 0 Å². The monoisotopic (exact) mass is 237 g/mol. The van der Waals surface area contributed by atoms with Crippen molar-refractivity contribution >= 4 is 11.8 Å². The van der Waals surface area contributed by atoms with Crippen LogP contribution in [-0.4, -0.2) is 59.9 Å². The lowest BCUT2D eigenvalue weighted by Crippen LogP contribution is -2.59. The molecule has 2 amide bonds. The first-order valence-corrected chi connectivity index (χ1v) is 6.57. The summed E-state index contributed by atoms with van der Waals surface area (Å²) >= 11 is 0. The minimum absolute atomic E-state index is 0.130. The maximum absolute atomic E-state index is 12.2. The highest BCUT2D eigenvalue weighted by molar-refractivity contribution is 5.95. The van der Waals surface area contributed by atoms with Gasteiger partial charge in [-0.3, -0.25) is 9.59 Å². The molecule has 3 rings (SSSR count). The molecule has 0 aromatic heterocycles. The maximum atomic E-state index is 12.2. The lowest BCUT2D eigenvalue weighted by molar-refractivity contribution is -0.153. The molecule has 3 saturated heterocycles. The molecule has 0 saturated carbocycles. The second-order valence-electron chi connectivity index (χ2n) is 5.26. The standard InChI is InChI=1S/C12H19N3O2/c16-11-8-14(7-9-3-1-5-13-9)12(17)10-4-2-6-15(10)11/h9-10,13H,1-8H2/t9-,10?/m1/s1. The van der Waals surface area contributed by atoms with E-state index < -0.39 is 0 Å². The average Bonchev–Trinajstić information content (AvgIpc) is 2.96. The molecule has 1 N–H and O–H groups in total. The maximum Gasteiger partial charge on any atom is 0.245 e. The molecule has 0 aromatic rings. The Bertz CT molecular complexity index is 339. The Morgan fingerprint density at radius 2 is 2.12 bits per heavy atom. The van der Waals surface area contributed by atoms with Gasteiger partial charge in [0.1, 0.15) is 6.04 Å². The average molecular weight is 237 g/mol. The van der Waals surface area contributed by atoms with Crippen molar-refractivity contribution in [2.45, 2.75) is 37.8 Å². The lowest BCUT2D eigenvalue weighted by Gasteiger charge is -2.37. The number of amides is 2. The van der Waals surface area contributed by atoms with Gasteiger partial charge < -0.3 is 15.1 Å². The molecular weight excluding hydrogens is 218 g/mol. The number of fused-ring (bicyclic) bond motifs is 1. The van der Waals surface area contributed by atoms with Crippen LogP contribution >= 0.6 is 0 Å². The van der Waals surface area contributed by atoms with E-state index in [2.05, 4.69) is 5.32 Å². The van der Waals surface area contributed by atoms with E-state index in [1.165, 1.54) is 6.42 Å². The topological polar surface area (TPSA) is 52.7 Å². The van der Waals surface area contributed by atoms with Crippen LogP contribution in [0.15, 0.2) is 0 Å². The van der Waals surface area contributed by atoms with Crippen molar-refractivity contribution in [3.63, 3.8) is 0 Å². The van der Waals surface area contributed by atoms with Crippen molar-refractivity contribution < 1.29 is 9.59 Å². The second kappa shape index (κ2) is 4.29. The van der Waals surface area contributed by atoms with Gasteiger partial charge in [-0.2, -0.15) is 0 Å². The summed E-state index contributed by atoms with van der Waals surface area (Å²) in [7, 11) is 0. The Hall–Kier alpha value is -1.10. The van der Waals surface area contributed by atoms with E-state index in [4.69, 9.17) is 0 Å². The summed E-state index contributed by atoms with van der Waals surface area (Å²) in [6.07, 6.45) is 4.11. The third-order valence-corrected chi connectivity index (χ3v) is 4.10. The van der Waals surface area contributed by atoms with Crippen molar-refractivity contribution in [1.29, 1.82) is 0 Å². The molecular formula is C12H19N3O2. The van der Waals surface area contributed by atoms with Crippen LogP contribution in [-0.2, 0) is 9.59 Å². The van der Waals surface area contributed by atoms with Gasteiger partial charge in [-0.1, -0.05) is 0 Å². The van der Waals surface area contributed by atoms with Gasteiger partial charge in [0.15, 0.2) is 0 Å². The Morgan fingerprint density at radius 1 is 1.24 bits per heavy atom. The van der Waals surface area contributed by atoms with Crippen LogP contribution in [0.3, 0.4) is 0 Å². The molecule has 3 aliphatic rings. The normalized spacial score (nSPS) is 33.4. The molecule has 0 radical (unpaired) electrons. The van der Waals surface area contributed by atoms with Crippen LogP contribution in [0.25, 0.3) is 0 Å². The van der Waals surface area contributed by atoms with Gasteiger partial charge in [0.05, 0.1) is 6.54 Å². The van der Waals surface area contributed by atoms with E-state index in [1.54, 1.807) is 9.80 Å². The number of carbonyl (C=O) groups is 2. The van der Waals surface area contributed by atoms with E-state index in [0.717, 1.165) is 32.4 Å². The predicted molar refractivity (Wildman–Crippen MR) is 62.3 cm³/mol. The first-order valence-electron chi connectivity index (χ1n) is 6.57. The summed E-state index contributed by atoms with van der Waals surface area (Å²) in [5, 5.41) is 3.38. The summed E-state index contributed by atoms with van der Waals surface area (Å²) < 4.78 is 0. The highest BCUT2D eigenvalue weighted by Gasteiger charge is 2.42. The van der Waals surface area contributed by atoms with Gasteiger partial charge in [0.2, 0.25) is 11.8 Å². The van der Waals surface area contributed by atoms with Crippen molar-refractivity contribution in [2.75, 3.05) is 26.2 Å². The number of nitrogens with zero attached hydrogens (tertiary/aromatic N) is 2. The second-order valence-corrected chi connectivity index (χ2v) is 5.26. The molecule has 0 bridgehead atoms. The molecule has 5 nitrogen and oxygen atoms in total. The zero-order chi connectivity index (χ0) is 11.8. The Labute approximate surface area is 101 Å². The SMILES string of the molecule is O=C1C2CCCN2C(=O)CN1C[C@H]1CCCN1. The third kappa shape index (κ3) is 1.92. The zero-order valence-electron chi connectivity index (χ0n) is 10.0. The van der Waals surface area contributed by atoms with E-state index in [9.17, 15) is 9.59 Å². The summed E-state index contributed by atoms with van der Waals surface area (Å²) in [5.41, 5.74) is 0. The molecule has 17 heavy (non-hydrogen) atoms. The Morgan fingerprint density at radius 3 is 2.88 bits per heavy atom. The number of rotatable bonds is 2. The summed E-state index contributed by atoms with van der Waals surface area (Å²) in [6.45, 7) is 2.80. The zero-order valence-corrected chi connectivity index (χ0v) is 10.0. The Kier molecular flexibility index (Phi) is 2.78. The molecule has 0 aliphatic carbocycles. The lowest BCUT2D eigenvalue weighted by atomic mass is 10.1. The summed E-state index contributed by atoms with van der Waals surface area (Å²) in [5.74, 6) is 0.292. The number of carbonyl (C=O) groups excluding carboxylic acids is 2. The molecule has 94 valence electrons. The van der Waals surface area contributed by atoms with E-state index in [1.807, 2.05) is 0 Å². The first-order chi connectivity index (χ1) is 8.25. The fraction of sp³-hybridized carbons (Fsp3) is 0.833. The van der Waals surface area contributed by atoms with Crippen LogP contribution in [0.1, 0.15) is 25.7 Å². The van der Waals surface area contributed by atoms with Crippen LogP contribution in [0.4, 0.5) is 0 Å². The van der Waals surface area contributed by atoms with E-state index in [-0.39, 0.29) is 24.4 Å². The molecule has 0 aromatic carbocycles. The molecule has 3 fully saturated rings. The fourth-order valence-corrected chi connectivity index (χ4v) is 3.20. The van der Waals surface area contributed by atoms with Gasteiger partial charge in [0, 0.05) is 19.1 Å². The van der Waals surface area contributed by atoms with E-state index in [0.29, 0.717) is 12.6 Å². The third-order valence-electron chi connectivity index (χ3n) is 4.10. The summed E-state index contributed by atoms with van der Waals surface area (Å²) in [4.78, 5) is 27.7. The molecule has 5 heteroatoms. The highest BCUT2D eigenvalue weighted by Crippen LogP contribution is 2.24. The first kappa shape index (κ1) is 11.0. The van der Waals surface area contributed by atoms with Gasteiger partial charge in [0.25, 0.3) is 0 Å². The summed E-state index contributed by atoms with van der Waals surface area (Å²) in [6, 6.07) is 0.234. The van der Waals surface area contributed by atoms with Crippen LogP contribution in [0.2, 0.25) is 0 Å². The molecule has 2 atom stereocenters. The number of nitrogens with one attached hydrogen (secondary N) is 1. The number of hydrogen-bond donors (Lipinski definition) is 1. The van der Waals surface area contributed by atoms with Crippen molar-refractivity contribution in [3.8, 4) is 0 Å². The van der Waals surface area contributed by atoms with Crippen LogP contribution in [0, 0.1) is 0 Å². The molecule has 3 aliphatic heterocycles. The minimum atomic E-state index is -0.155. The van der Waals surface area contributed by atoms with Crippen molar-refractivity contribution in [1.82, 2.24) is 15.1 Å².